The summed E-state index contributed by atoms with van der Waals surface area (Å²) in [5.41, 5.74) is 1.81. The van der Waals surface area contributed by atoms with Gasteiger partial charge in [0.2, 0.25) is 0 Å². The third-order valence-electron chi connectivity index (χ3n) is 2.82. The van der Waals surface area contributed by atoms with Crippen LogP contribution in [-0.2, 0) is 11.2 Å². The number of rotatable bonds is 2. The summed E-state index contributed by atoms with van der Waals surface area (Å²) in [5.74, 6) is -0.0311. The zero-order valence-corrected chi connectivity index (χ0v) is 8.64. The maximum Gasteiger partial charge on any atom is 0.254 e. The van der Waals surface area contributed by atoms with Crippen molar-refractivity contribution in [3.8, 4) is 0 Å². The number of amides is 1. The van der Waals surface area contributed by atoms with Gasteiger partial charge in [-0.25, -0.2) is 0 Å². The summed E-state index contributed by atoms with van der Waals surface area (Å²) in [6, 6.07) is 7.25. The van der Waals surface area contributed by atoms with E-state index in [9.17, 15) is 9.59 Å². The Morgan fingerprint density at radius 3 is 2.87 bits per heavy atom. The molecule has 1 atom stereocenters. The first kappa shape index (κ1) is 9.90. The molecule has 0 saturated heterocycles. The van der Waals surface area contributed by atoms with Gasteiger partial charge in [-0.3, -0.25) is 4.79 Å². The van der Waals surface area contributed by atoms with Crippen LogP contribution in [0.4, 0.5) is 0 Å². The molecular formula is C12H13NO2. The topological polar surface area (TPSA) is 37.4 Å². The average molecular weight is 203 g/mol. The number of hydrogen-bond donors (Lipinski definition) is 0. The Hall–Kier alpha value is -1.64. The van der Waals surface area contributed by atoms with Crippen LogP contribution in [0.25, 0.3) is 0 Å². The Morgan fingerprint density at radius 1 is 1.40 bits per heavy atom. The lowest BCUT2D eigenvalue weighted by atomic mass is 9.98. The van der Waals surface area contributed by atoms with Crippen molar-refractivity contribution in [2.45, 2.75) is 19.4 Å². The fraction of sp³-hybridized carbons (Fsp3) is 0.333. The van der Waals surface area contributed by atoms with E-state index in [0.717, 1.165) is 23.8 Å². The molecule has 1 amide bonds. The number of carbonyl (C=O) groups is 2. The summed E-state index contributed by atoms with van der Waals surface area (Å²) in [6.45, 7) is 2.38. The van der Waals surface area contributed by atoms with E-state index in [4.69, 9.17) is 0 Å². The number of nitrogens with zero attached hydrogens (tertiary/aromatic N) is 1. The smallest absolute Gasteiger partial charge is 0.254 e. The summed E-state index contributed by atoms with van der Waals surface area (Å²) in [7, 11) is 0. The van der Waals surface area contributed by atoms with E-state index in [-0.39, 0.29) is 11.9 Å². The van der Waals surface area contributed by atoms with Crippen LogP contribution in [0, 0.1) is 0 Å². The van der Waals surface area contributed by atoms with Crippen molar-refractivity contribution in [3.05, 3.63) is 35.4 Å². The highest BCUT2D eigenvalue weighted by molar-refractivity contribution is 5.98. The lowest BCUT2D eigenvalue weighted by Gasteiger charge is -2.30. The molecule has 0 aliphatic carbocycles. The normalized spacial score (nSPS) is 17.1. The molecule has 1 aliphatic heterocycles. The third-order valence-corrected chi connectivity index (χ3v) is 2.82. The first-order chi connectivity index (χ1) is 7.24. The van der Waals surface area contributed by atoms with Gasteiger partial charge >= 0.3 is 0 Å². The Kier molecular flexibility index (Phi) is 2.54. The molecule has 0 saturated carbocycles. The molecule has 0 fully saturated rings. The van der Waals surface area contributed by atoms with Crippen molar-refractivity contribution in [2.75, 3.05) is 6.54 Å². The lowest BCUT2D eigenvalue weighted by molar-refractivity contribution is -0.111. The Morgan fingerprint density at radius 2 is 2.13 bits per heavy atom. The van der Waals surface area contributed by atoms with E-state index >= 15 is 0 Å². The second-order valence-corrected chi connectivity index (χ2v) is 3.78. The fourth-order valence-electron chi connectivity index (χ4n) is 1.91. The first-order valence-electron chi connectivity index (χ1n) is 5.08. The van der Waals surface area contributed by atoms with Gasteiger partial charge in [-0.15, -0.1) is 0 Å². The van der Waals surface area contributed by atoms with Gasteiger partial charge in [0.15, 0.2) is 0 Å². The predicted molar refractivity (Wildman–Crippen MR) is 56.7 cm³/mol. The molecule has 2 rings (SSSR count). The van der Waals surface area contributed by atoms with Gasteiger partial charge in [0.1, 0.15) is 6.29 Å². The number of hydrogen-bond acceptors (Lipinski definition) is 2. The van der Waals surface area contributed by atoms with Gasteiger partial charge in [0.25, 0.3) is 5.91 Å². The molecule has 3 heteroatoms. The minimum absolute atomic E-state index is 0.0311. The Balaban J connectivity index is 2.33. The van der Waals surface area contributed by atoms with E-state index in [1.165, 1.54) is 0 Å². The fourth-order valence-corrected chi connectivity index (χ4v) is 1.91. The minimum Gasteiger partial charge on any atom is -0.329 e. The van der Waals surface area contributed by atoms with Crippen LogP contribution in [0.5, 0.6) is 0 Å². The van der Waals surface area contributed by atoms with Crippen LogP contribution in [0.3, 0.4) is 0 Å². The Labute approximate surface area is 88.7 Å². The molecule has 1 aromatic rings. The van der Waals surface area contributed by atoms with E-state index in [1.54, 1.807) is 11.8 Å². The van der Waals surface area contributed by atoms with Crippen LogP contribution in [0.15, 0.2) is 24.3 Å². The molecule has 1 heterocycles. The highest BCUT2D eigenvalue weighted by Crippen LogP contribution is 2.19. The second kappa shape index (κ2) is 3.85. The summed E-state index contributed by atoms with van der Waals surface area (Å²) in [4.78, 5) is 24.3. The van der Waals surface area contributed by atoms with Crippen LogP contribution in [-0.4, -0.2) is 29.7 Å². The number of fused-ring (bicyclic) bond motifs is 1. The highest BCUT2D eigenvalue weighted by Gasteiger charge is 2.26. The van der Waals surface area contributed by atoms with Crippen LogP contribution in [0.1, 0.15) is 22.8 Å². The zero-order valence-electron chi connectivity index (χ0n) is 8.64. The van der Waals surface area contributed by atoms with E-state index in [1.807, 2.05) is 24.3 Å². The van der Waals surface area contributed by atoms with Crippen molar-refractivity contribution in [2.24, 2.45) is 0 Å². The molecule has 0 aromatic heterocycles. The van der Waals surface area contributed by atoms with Gasteiger partial charge in [-0.05, 0) is 25.0 Å². The lowest BCUT2D eigenvalue weighted by Crippen LogP contribution is -2.44. The third kappa shape index (κ3) is 1.65. The van der Waals surface area contributed by atoms with E-state index in [2.05, 4.69) is 0 Å². The van der Waals surface area contributed by atoms with Gasteiger partial charge in [-0.2, -0.15) is 0 Å². The van der Waals surface area contributed by atoms with Crippen LogP contribution in [0.2, 0.25) is 0 Å². The number of carbonyl (C=O) groups excluding carboxylic acids is 2. The largest absolute Gasteiger partial charge is 0.329 e. The molecule has 1 aliphatic rings. The average Bonchev–Trinajstić information content (AvgIpc) is 2.29. The molecule has 1 aromatic carbocycles. The second-order valence-electron chi connectivity index (χ2n) is 3.78. The maximum absolute atomic E-state index is 12.0. The molecule has 0 spiro atoms. The van der Waals surface area contributed by atoms with E-state index < -0.39 is 0 Å². The highest BCUT2D eigenvalue weighted by atomic mass is 16.2. The molecule has 0 bridgehead atoms. The predicted octanol–water partition coefficient (Wildman–Crippen LogP) is 1.27. The molecule has 15 heavy (non-hydrogen) atoms. The van der Waals surface area contributed by atoms with Crippen molar-refractivity contribution in [1.29, 1.82) is 0 Å². The summed E-state index contributed by atoms with van der Waals surface area (Å²) in [6.07, 6.45) is 1.64. The number of aldehydes is 1. The summed E-state index contributed by atoms with van der Waals surface area (Å²) in [5, 5.41) is 0. The quantitative estimate of drug-likeness (QED) is 0.679. The van der Waals surface area contributed by atoms with Crippen molar-refractivity contribution >= 4 is 12.2 Å². The summed E-state index contributed by atoms with van der Waals surface area (Å²) < 4.78 is 0. The molecular weight excluding hydrogens is 190 g/mol. The zero-order chi connectivity index (χ0) is 10.8. The molecule has 1 unspecified atom stereocenters. The maximum atomic E-state index is 12.0. The number of benzene rings is 1. The van der Waals surface area contributed by atoms with Gasteiger partial charge < -0.3 is 9.69 Å². The monoisotopic (exact) mass is 203 g/mol. The Bertz CT molecular complexity index is 400. The molecule has 78 valence electrons. The van der Waals surface area contributed by atoms with Crippen molar-refractivity contribution in [3.63, 3.8) is 0 Å². The standard InChI is InChI=1S/C12H13NO2/c1-9(8-14)13-7-6-10-4-2-3-5-11(10)12(13)15/h2-5,8-9H,6-7H2,1H3. The van der Waals surface area contributed by atoms with E-state index in [0.29, 0.717) is 6.54 Å². The minimum atomic E-state index is -0.328. The van der Waals surface area contributed by atoms with Gasteiger partial charge in [0.05, 0.1) is 6.04 Å². The molecule has 0 radical (unpaired) electrons. The van der Waals surface area contributed by atoms with Crippen LogP contribution < -0.4 is 0 Å². The SMILES string of the molecule is CC(C=O)N1CCc2ccccc2C1=O. The van der Waals surface area contributed by atoms with Crippen LogP contribution >= 0.6 is 0 Å². The van der Waals surface area contributed by atoms with Crippen molar-refractivity contribution in [1.82, 2.24) is 4.90 Å². The molecule has 3 nitrogen and oxygen atoms in total. The molecule has 0 N–H and O–H groups in total. The van der Waals surface area contributed by atoms with Crippen molar-refractivity contribution < 1.29 is 9.59 Å². The first-order valence-corrected chi connectivity index (χ1v) is 5.08. The van der Waals surface area contributed by atoms with Gasteiger partial charge in [-0.1, -0.05) is 18.2 Å². The van der Waals surface area contributed by atoms with Gasteiger partial charge in [0, 0.05) is 12.1 Å². The summed E-state index contributed by atoms with van der Waals surface area (Å²) >= 11 is 0.